The van der Waals surface area contributed by atoms with Crippen molar-refractivity contribution in [3.05, 3.63) is 212 Å². The van der Waals surface area contributed by atoms with E-state index < -0.39 is 0 Å². The summed E-state index contributed by atoms with van der Waals surface area (Å²) >= 11 is 0. The second-order valence-corrected chi connectivity index (χ2v) is 15.7. The van der Waals surface area contributed by atoms with Gasteiger partial charge in [0.2, 0.25) is 5.71 Å². The van der Waals surface area contributed by atoms with Gasteiger partial charge in [0, 0.05) is 49.4 Å². The third-order valence-electron chi connectivity index (χ3n) is 12.5. The van der Waals surface area contributed by atoms with Crippen molar-refractivity contribution in [2.45, 2.75) is 0 Å². The lowest BCUT2D eigenvalue weighted by molar-refractivity contribution is 0.645. The van der Waals surface area contributed by atoms with Crippen LogP contribution in [0.15, 0.2) is 217 Å². The quantitative estimate of drug-likeness (QED) is 0.171. The molecule has 0 unspecified atom stereocenters. The Labute approximate surface area is 345 Å². The highest BCUT2D eigenvalue weighted by atomic mass is 16.3. The molecule has 13 aromatic rings. The summed E-state index contributed by atoms with van der Waals surface area (Å²) in [5.41, 5.74) is 15.7. The third kappa shape index (κ3) is 4.79. The van der Waals surface area contributed by atoms with Gasteiger partial charge in [0.15, 0.2) is 0 Å². The van der Waals surface area contributed by atoms with Crippen molar-refractivity contribution >= 4 is 76.6 Å². The van der Waals surface area contributed by atoms with Gasteiger partial charge in [0.25, 0.3) is 0 Å². The van der Waals surface area contributed by atoms with Gasteiger partial charge < -0.3 is 13.6 Å². The Morgan fingerprint density at radius 3 is 1.52 bits per heavy atom. The predicted octanol–water partition coefficient (Wildman–Crippen LogP) is 15.1. The number of para-hydroxylation sites is 4. The summed E-state index contributed by atoms with van der Waals surface area (Å²) in [6, 6.07) is 76.7. The van der Waals surface area contributed by atoms with Crippen LogP contribution < -0.4 is 0 Å². The number of nitrogens with zero attached hydrogens (tertiary/aromatic N) is 3. The van der Waals surface area contributed by atoms with E-state index in [4.69, 9.17) is 4.42 Å². The molecule has 280 valence electrons. The first kappa shape index (κ1) is 32.9. The van der Waals surface area contributed by atoms with Crippen LogP contribution >= 0.6 is 0 Å². The summed E-state index contributed by atoms with van der Waals surface area (Å²) in [5, 5.41) is 8.43. The van der Waals surface area contributed by atoms with Crippen LogP contribution in [-0.2, 0) is 0 Å². The smallest absolute Gasteiger partial charge is 0.213 e. The Bertz CT molecular complexity index is 3750. The molecule has 0 N–H and O–H groups in total. The van der Waals surface area contributed by atoms with E-state index in [-0.39, 0.29) is 0 Å². The minimum Gasteiger partial charge on any atom is -0.439 e. The van der Waals surface area contributed by atoms with E-state index in [9.17, 15) is 0 Å². The summed E-state index contributed by atoms with van der Waals surface area (Å²) in [6.45, 7) is 0. The highest BCUT2D eigenvalue weighted by Crippen LogP contribution is 2.42. The monoisotopic (exact) mass is 765 g/mol. The number of hydrogen-bond donors (Lipinski definition) is 0. The highest BCUT2D eigenvalue weighted by Gasteiger charge is 2.21. The van der Waals surface area contributed by atoms with Crippen molar-refractivity contribution in [1.29, 1.82) is 0 Å². The minimum atomic E-state index is 0.869. The fourth-order valence-electron chi connectivity index (χ4n) is 9.74. The summed E-state index contributed by atoms with van der Waals surface area (Å²) in [6.07, 6.45) is 0. The highest BCUT2D eigenvalue weighted by molar-refractivity contribution is 6.20. The van der Waals surface area contributed by atoms with Crippen LogP contribution in [0.5, 0.6) is 0 Å². The molecule has 0 aliphatic carbocycles. The zero-order valence-corrected chi connectivity index (χ0v) is 32.5. The number of hydrogen-bond acceptors (Lipinski definition) is 1. The first-order valence-corrected chi connectivity index (χ1v) is 20.5. The van der Waals surface area contributed by atoms with Crippen LogP contribution in [0.25, 0.3) is 116 Å². The van der Waals surface area contributed by atoms with Crippen molar-refractivity contribution in [2.75, 3.05) is 0 Å². The molecule has 0 saturated carbocycles. The molecule has 0 aliphatic heterocycles. The lowest BCUT2D eigenvalue weighted by Gasteiger charge is -2.12. The molecule has 9 aromatic carbocycles. The van der Waals surface area contributed by atoms with E-state index in [0.717, 1.165) is 55.8 Å². The number of benzene rings is 9. The molecule has 0 fully saturated rings. The maximum atomic E-state index is 6.55. The van der Waals surface area contributed by atoms with Gasteiger partial charge in [0.1, 0.15) is 5.58 Å². The van der Waals surface area contributed by atoms with Crippen LogP contribution in [0.3, 0.4) is 0 Å². The summed E-state index contributed by atoms with van der Waals surface area (Å²) in [5.74, 6) is 0. The summed E-state index contributed by atoms with van der Waals surface area (Å²) < 4.78 is 13.6. The molecule has 60 heavy (non-hydrogen) atoms. The maximum absolute atomic E-state index is 6.55. The largest absolute Gasteiger partial charge is 0.439 e. The van der Waals surface area contributed by atoms with E-state index in [1.54, 1.807) is 0 Å². The standard InChI is InChI=1S/C56H35N3O/c1-3-13-36(14-4-1)38-26-31-51-47(33-38)48-35-42(58-49-20-10-7-17-43(49)44-18-8-11-21-50(44)58)29-32-52(48)57(51)41-27-23-37(24-28-41)39-25-30-45-53(34-39)59(40-15-5-2-6-16-40)56-55(45)46-19-9-12-22-54(46)60-56/h1-35H. The van der Waals surface area contributed by atoms with E-state index in [1.807, 2.05) is 6.07 Å². The SMILES string of the molecule is c1ccc(-c2ccc3c(c2)c2cc(-n4c5ccccc5c5ccccc54)ccc2n3-c2ccc(-c3ccc4c5c6ccccc6oc5n(-c5ccccc5)c4c3)cc2)cc1. The van der Waals surface area contributed by atoms with Gasteiger partial charge in [-0.05, 0) is 101 Å². The Kier molecular flexibility index (Phi) is 6.98. The average molecular weight is 766 g/mol. The molecule has 0 spiro atoms. The Morgan fingerprint density at radius 1 is 0.267 bits per heavy atom. The van der Waals surface area contributed by atoms with Gasteiger partial charge in [-0.3, -0.25) is 4.57 Å². The van der Waals surface area contributed by atoms with Crippen LogP contribution in [-0.4, -0.2) is 13.7 Å². The Balaban J connectivity index is 0.980. The number of aromatic nitrogens is 3. The Morgan fingerprint density at radius 2 is 0.767 bits per heavy atom. The second-order valence-electron chi connectivity index (χ2n) is 15.7. The maximum Gasteiger partial charge on any atom is 0.213 e. The van der Waals surface area contributed by atoms with E-state index in [2.05, 4.69) is 220 Å². The molecule has 4 aromatic heterocycles. The molecule has 13 rings (SSSR count). The van der Waals surface area contributed by atoms with Crippen molar-refractivity contribution in [2.24, 2.45) is 0 Å². The van der Waals surface area contributed by atoms with Gasteiger partial charge >= 0.3 is 0 Å². The molecule has 4 nitrogen and oxygen atoms in total. The van der Waals surface area contributed by atoms with Crippen molar-refractivity contribution in [3.8, 4) is 39.3 Å². The van der Waals surface area contributed by atoms with Crippen molar-refractivity contribution in [1.82, 2.24) is 13.7 Å². The van der Waals surface area contributed by atoms with E-state index in [1.165, 1.54) is 60.1 Å². The molecular weight excluding hydrogens is 731 g/mol. The molecule has 0 radical (unpaired) electrons. The van der Waals surface area contributed by atoms with Gasteiger partial charge in [-0.15, -0.1) is 0 Å². The predicted molar refractivity (Wildman–Crippen MR) is 250 cm³/mol. The molecule has 0 saturated heterocycles. The van der Waals surface area contributed by atoms with Crippen molar-refractivity contribution < 1.29 is 4.42 Å². The van der Waals surface area contributed by atoms with E-state index in [0.29, 0.717) is 0 Å². The number of fused-ring (bicyclic) bond motifs is 11. The fourth-order valence-corrected chi connectivity index (χ4v) is 9.74. The van der Waals surface area contributed by atoms with Crippen LogP contribution in [0.4, 0.5) is 0 Å². The number of rotatable bonds is 5. The molecule has 0 bridgehead atoms. The van der Waals surface area contributed by atoms with Crippen LogP contribution in [0, 0.1) is 0 Å². The van der Waals surface area contributed by atoms with Gasteiger partial charge in [-0.1, -0.05) is 133 Å². The first-order chi connectivity index (χ1) is 29.8. The van der Waals surface area contributed by atoms with E-state index >= 15 is 0 Å². The van der Waals surface area contributed by atoms with Crippen LogP contribution in [0.1, 0.15) is 0 Å². The first-order valence-electron chi connectivity index (χ1n) is 20.5. The molecule has 0 atom stereocenters. The van der Waals surface area contributed by atoms with Gasteiger partial charge in [0.05, 0.1) is 33.0 Å². The molecule has 4 heterocycles. The fraction of sp³-hybridized carbons (Fsp3) is 0. The van der Waals surface area contributed by atoms with Gasteiger partial charge in [-0.25, -0.2) is 0 Å². The minimum absolute atomic E-state index is 0.869. The summed E-state index contributed by atoms with van der Waals surface area (Å²) in [4.78, 5) is 0. The average Bonchev–Trinajstić information content (AvgIpc) is 4.05. The van der Waals surface area contributed by atoms with Crippen molar-refractivity contribution in [3.63, 3.8) is 0 Å². The third-order valence-corrected chi connectivity index (χ3v) is 12.5. The molecule has 4 heteroatoms. The molecular formula is C56H35N3O. The normalized spacial score (nSPS) is 12.0. The summed E-state index contributed by atoms with van der Waals surface area (Å²) in [7, 11) is 0. The van der Waals surface area contributed by atoms with Crippen LogP contribution in [0.2, 0.25) is 0 Å². The number of furan rings is 1. The lowest BCUT2D eigenvalue weighted by atomic mass is 10.0. The zero-order valence-electron chi connectivity index (χ0n) is 32.5. The molecule has 0 aliphatic rings. The second kappa shape index (κ2) is 12.7. The lowest BCUT2D eigenvalue weighted by Crippen LogP contribution is -1.96. The molecule has 0 amide bonds. The zero-order chi connectivity index (χ0) is 39.3. The Hall–Kier alpha value is -8.08. The van der Waals surface area contributed by atoms with Gasteiger partial charge in [-0.2, -0.15) is 0 Å². The topological polar surface area (TPSA) is 27.9 Å².